The van der Waals surface area contributed by atoms with Gasteiger partial charge in [-0.1, -0.05) is 6.42 Å². The van der Waals surface area contributed by atoms with E-state index in [1.807, 2.05) is 18.2 Å². The Morgan fingerprint density at radius 3 is 2.80 bits per heavy atom. The number of hydrogen-bond donors (Lipinski definition) is 2. The molecule has 140 valence electrons. The summed E-state index contributed by atoms with van der Waals surface area (Å²) in [6.45, 7) is 2.05. The molecule has 2 aliphatic rings. The summed E-state index contributed by atoms with van der Waals surface area (Å²) in [5.74, 6) is 2.94. The first-order valence-electron chi connectivity index (χ1n) is 8.78. The Bertz CT molecular complexity index is 573. The van der Waals surface area contributed by atoms with Crippen LogP contribution in [-0.4, -0.2) is 37.5 Å². The maximum Gasteiger partial charge on any atom is 0.221 e. The molecule has 0 spiro atoms. The third-order valence-electron chi connectivity index (χ3n) is 4.63. The zero-order valence-electron chi connectivity index (χ0n) is 14.4. The molecule has 1 aromatic carbocycles. The van der Waals surface area contributed by atoms with Crippen LogP contribution in [0.3, 0.4) is 0 Å². The van der Waals surface area contributed by atoms with Crippen LogP contribution in [0.4, 0.5) is 0 Å². The lowest BCUT2D eigenvalue weighted by molar-refractivity contribution is -0.121. The third-order valence-corrected chi connectivity index (χ3v) is 5.62. The quantitative estimate of drug-likeness (QED) is 0.735. The largest absolute Gasteiger partial charge is 0.490 e. The molecule has 0 bridgehead atoms. The van der Waals surface area contributed by atoms with Crippen molar-refractivity contribution >= 4 is 30.1 Å². The zero-order valence-corrected chi connectivity index (χ0v) is 16.0. The highest BCUT2D eigenvalue weighted by molar-refractivity contribution is 7.99. The van der Waals surface area contributed by atoms with E-state index in [4.69, 9.17) is 15.2 Å². The van der Waals surface area contributed by atoms with Crippen LogP contribution in [0, 0.1) is 5.92 Å². The maximum absolute atomic E-state index is 12.1. The SMILES string of the molecule is Cl.NCC1CCCC1NC(=O)CCSc1ccc2c(c1)OCCCO2. The number of hydrogen-bond acceptors (Lipinski definition) is 5. The van der Waals surface area contributed by atoms with Crippen molar-refractivity contribution in [2.24, 2.45) is 11.7 Å². The van der Waals surface area contributed by atoms with E-state index in [9.17, 15) is 4.79 Å². The van der Waals surface area contributed by atoms with Gasteiger partial charge in [0.1, 0.15) is 0 Å². The van der Waals surface area contributed by atoms with Gasteiger partial charge in [-0.05, 0) is 43.5 Å². The number of amides is 1. The van der Waals surface area contributed by atoms with E-state index in [0.717, 1.165) is 41.4 Å². The van der Waals surface area contributed by atoms with Crippen LogP contribution >= 0.6 is 24.2 Å². The Balaban J connectivity index is 0.00000225. The van der Waals surface area contributed by atoms with E-state index >= 15 is 0 Å². The Kier molecular flexibility index (Phi) is 8.19. The number of fused-ring (bicyclic) bond motifs is 1. The summed E-state index contributed by atoms with van der Waals surface area (Å²) >= 11 is 1.67. The minimum absolute atomic E-state index is 0. The van der Waals surface area contributed by atoms with Crippen molar-refractivity contribution < 1.29 is 14.3 Å². The summed E-state index contributed by atoms with van der Waals surface area (Å²) < 4.78 is 11.3. The molecule has 0 radical (unpaired) electrons. The monoisotopic (exact) mass is 386 g/mol. The van der Waals surface area contributed by atoms with Crippen LogP contribution in [0.1, 0.15) is 32.1 Å². The highest BCUT2D eigenvalue weighted by Crippen LogP contribution is 2.34. The molecule has 7 heteroatoms. The van der Waals surface area contributed by atoms with Crippen LogP contribution in [0.25, 0.3) is 0 Å². The molecule has 1 fully saturated rings. The molecule has 0 aromatic heterocycles. The van der Waals surface area contributed by atoms with Crippen LogP contribution in [-0.2, 0) is 4.79 Å². The Labute approximate surface area is 159 Å². The molecule has 3 N–H and O–H groups in total. The second kappa shape index (κ2) is 10.1. The lowest BCUT2D eigenvalue weighted by Crippen LogP contribution is -2.39. The number of rotatable bonds is 6. The summed E-state index contributed by atoms with van der Waals surface area (Å²) in [5.41, 5.74) is 5.77. The number of halogens is 1. The number of nitrogens with one attached hydrogen (secondary N) is 1. The zero-order chi connectivity index (χ0) is 16.8. The summed E-state index contributed by atoms with van der Waals surface area (Å²) in [5, 5.41) is 3.15. The molecule has 3 rings (SSSR count). The fourth-order valence-electron chi connectivity index (χ4n) is 3.28. The number of carbonyl (C=O) groups excluding carboxylic acids is 1. The second-order valence-electron chi connectivity index (χ2n) is 6.36. The van der Waals surface area contributed by atoms with Crippen molar-refractivity contribution in [3.8, 4) is 11.5 Å². The van der Waals surface area contributed by atoms with Gasteiger partial charge in [0.15, 0.2) is 11.5 Å². The van der Waals surface area contributed by atoms with Crippen molar-refractivity contribution in [2.45, 2.75) is 43.0 Å². The second-order valence-corrected chi connectivity index (χ2v) is 7.53. The van der Waals surface area contributed by atoms with Gasteiger partial charge in [0.2, 0.25) is 5.91 Å². The van der Waals surface area contributed by atoms with E-state index in [1.54, 1.807) is 11.8 Å². The van der Waals surface area contributed by atoms with Gasteiger partial charge in [-0.3, -0.25) is 4.79 Å². The number of benzene rings is 1. The molecule has 25 heavy (non-hydrogen) atoms. The predicted octanol–water partition coefficient (Wildman–Crippen LogP) is 3.00. The topological polar surface area (TPSA) is 73.6 Å². The van der Waals surface area contributed by atoms with Crippen molar-refractivity contribution in [1.82, 2.24) is 5.32 Å². The van der Waals surface area contributed by atoms with Gasteiger partial charge in [0, 0.05) is 29.5 Å². The Morgan fingerprint density at radius 2 is 2.00 bits per heavy atom. The van der Waals surface area contributed by atoms with Gasteiger partial charge in [0.05, 0.1) is 13.2 Å². The highest BCUT2D eigenvalue weighted by atomic mass is 35.5. The van der Waals surface area contributed by atoms with E-state index in [-0.39, 0.29) is 24.4 Å². The first kappa shape index (κ1) is 20.2. The number of thioether (sulfide) groups is 1. The Hall–Kier alpha value is -1.11. The highest BCUT2D eigenvalue weighted by Gasteiger charge is 2.27. The van der Waals surface area contributed by atoms with Gasteiger partial charge in [-0.15, -0.1) is 24.2 Å². The van der Waals surface area contributed by atoms with Crippen LogP contribution in [0.5, 0.6) is 11.5 Å². The lowest BCUT2D eigenvalue weighted by atomic mass is 10.0. The first-order chi connectivity index (χ1) is 11.8. The van der Waals surface area contributed by atoms with Gasteiger partial charge in [0.25, 0.3) is 0 Å². The number of ether oxygens (including phenoxy) is 2. The fraction of sp³-hybridized carbons (Fsp3) is 0.611. The summed E-state index contributed by atoms with van der Waals surface area (Å²) in [7, 11) is 0. The molecular weight excluding hydrogens is 360 g/mol. The minimum Gasteiger partial charge on any atom is -0.490 e. The maximum atomic E-state index is 12.1. The number of nitrogens with two attached hydrogens (primary N) is 1. The summed E-state index contributed by atoms with van der Waals surface area (Å²) in [6, 6.07) is 6.25. The van der Waals surface area contributed by atoms with Gasteiger partial charge in [-0.2, -0.15) is 0 Å². The van der Waals surface area contributed by atoms with Crippen LogP contribution in [0.15, 0.2) is 23.1 Å². The molecule has 2 unspecified atom stereocenters. The molecule has 2 atom stereocenters. The van der Waals surface area contributed by atoms with Crippen molar-refractivity contribution in [3.05, 3.63) is 18.2 Å². The molecule has 1 heterocycles. The van der Waals surface area contributed by atoms with Crippen molar-refractivity contribution in [1.29, 1.82) is 0 Å². The third kappa shape index (κ3) is 5.69. The van der Waals surface area contributed by atoms with Gasteiger partial charge in [-0.25, -0.2) is 0 Å². The van der Waals surface area contributed by atoms with E-state index in [1.165, 1.54) is 6.42 Å². The lowest BCUT2D eigenvalue weighted by Gasteiger charge is -2.19. The van der Waals surface area contributed by atoms with Crippen molar-refractivity contribution in [2.75, 3.05) is 25.5 Å². The average Bonchev–Trinajstić information content (AvgIpc) is 2.89. The van der Waals surface area contributed by atoms with Crippen LogP contribution in [0.2, 0.25) is 0 Å². The molecule has 0 saturated heterocycles. The predicted molar refractivity (Wildman–Crippen MR) is 103 cm³/mol. The van der Waals surface area contributed by atoms with Gasteiger partial charge >= 0.3 is 0 Å². The van der Waals surface area contributed by atoms with E-state index < -0.39 is 0 Å². The fourth-order valence-corrected chi connectivity index (χ4v) is 4.16. The number of carbonyl (C=O) groups is 1. The molecule has 1 aromatic rings. The standard InChI is InChI=1S/C18H26N2O3S.ClH/c19-12-13-3-1-4-15(13)20-18(21)7-10-24-14-5-6-16-17(11-14)23-9-2-8-22-16;/h5-6,11,13,15H,1-4,7-10,12,19H2,(H,20,21);1H. The molecule has 1 aliphatic heterocycles. The molecule has 1 aliphatic carbocycles. The first-order valence-corrected chi connectivity index (χ1v) is 9.76. The molecule has 1 amide bonds. The van der Waals surface area contributed by atoms with Crippen molar-refractivity contribution in [3.63, 3.8) is 0 Å². The summed E-state index contributed by atoms with van der Waals surface area (Å²) in [6.07, 6.45) is 4.78. The van der Waals surface area contributed by atoms with E-state index in [0.29, 0.717) is 32.1 Å². The average molecular weight is 387 g/mol. The smallest absolute Gasteiger partial charge is 0.221 e. The van der Waals surface area contributed by atoms with Gasteiger partial charge < -0.3 is 20.5 Å². The molecular formula is C18H27ClN2O3S. The minimum atomic E-state index is 0. The molecule has 1 saturated carbocycles. The summed E-state index contributed by atoms with van der Waals surface area (Å²) in [4.78, 5) is 13.2. The van der Waals surface area contributed by atoms with Crippen LogP contribution < -0.4 is 20.5 Å². The normalized spacial score (nSPS) is 22.0. The molecule has 5 nitrogen and oxygen atoms in total. The van der Waals surface area contributed by atoms with E-state index in [2.05, 4.69) is 5.32 Å². The Morgan fingerprint density at radius 1 is 1.20 bits per heavy atom.